The molecule has 140 valence electrons. The first-order chi connectivity index (χ1) is 10.8. The van der Waals surface area contributed by atoms with E-state index in [4.69, 9.17) is 13.8 Å². The number of unbranched alkanes of at least 4 members (excludes halogenated alkanes) is 5. The van der Waals surface area contributed by atoms with Crippen molar-refractivity contribution in [1.29, 1.82) is 0 Å². The fraction of sp³-hybridized carbons (Fsp3) is 1.00. The Morgan fingerprint density at radius 2 is 1.39 bits per heavy atom. The summed E-state index contributed by atoms with van der Waals surface area (Å²) < 4.78 is 27.6. The molecule has 1 atom stereocenters. The van der Waals surface area contributed by atoms with Gasteiger partial charge in [-0.1, -0.05) is 39.0 Å². The fourth-order valence-electron chi connectivity index (χ4n) is 1.89. The number of hydrogen-bond acceptors (Lipinski definition) is 4. The van der Waals surface area contributed by atoms with Gasteiger partial charge in [0.1, 0.15) is 13.2 Å². The number of likely N-dealkylation sites (N-methyl/N-ethyl adjacent to an activating group) is 1. The van der Waals surface area contributed by atoms with Gasteiger partial charge in [0.25, 0.3) is 0 Å². The number of rotatable bonds is 16. The van der Waals surface area contributed by atoms with E-state index in [1.807, 2.05) is 21.1 Å². The molecule has 6 nitrogen and oxygen atoms in total. The minimum atomic E-state index is -3.92. The van der Waals surface area contributed by atoms with E-state index in [-0.39, 0.29) is 13.2 Å². The summed E-state index contributed by atoms with van der Waals surface area (Å²) in [6, 6.07) is 0. The van der Waals surface area contributed by atoms with E-state index in [2.05, 4.69) is 6.92 Å². The highest BCUT2D eigenvalue weighted by Gasteiger charge is 2.21. The van der Waals surface area contributed by atoms with E-state index in [1.54, 1.807) is 0 Å². The van der Waals surface area contributed by atoms with Gasteiger partial charge in [-0.15, -0.1) is 0 Å². The van der Waals surface area contributed by atoms with Crippen LogP contribution in [0.3, 0.4) is 0 Å². The maximum atomic E-state index is 11.6. The minimum absolute atomic E-state index is 0.175. The lowest BCUT2D eigenvalue weighted by Gasteiger charge is -2.24. The van der Waals surface area contributed by atoms with E-state index in [1.165, 1.54) is 32.1 Å². The van der Waals surface area contributed by atoms with Crippen LogP contribution < -0.4 is 0 Å². The third-order valence-corrected chi connectivity index (χ3v) is 4.36. The van der Waals surface area contributed by atoms with Gasteiger partial charge in [-0.25, -0.2) is 4.57 Å². The Morgan fingerprint density at radius 3 is 2.04 bits per heavy atom. The average molecular weight is 354 g/mol. The lowest BCUT2D eigenvalue weighted by atomic mass is 10.1. The molecule has 0 aliphatic carbocycles. The number of hydrogen-bond donors (Lipinski definition) is 1. The van der Waals surface area contributed by atoms with Gasteiger partial charge < -0.3 is 14.1 Å². The third-order valence-electron chi connectivity index (χ3n) is 3.35. The highest BCUT2D eigenvalue weighted by molar-refractivity contribution is 7.47. The smallest absolute Gasteiger partial charge is 0.381 e. The van der Waals surface area contributed by atoms with E-state index in [9.17, 15) is 9.46 Å². The van der Waals surface area contributed by atoms with Gasteiger partial charge in [0.15, 0.2) is 0 Å². The molecule has 0 heterocycles. The van der Waals surface area contributed by atoms with Crippen LogP contribution in [0.1, 0.15) is 51.9 Å². The average Bonchev–Trinajstić information content (AvgIpc) is 2.43. The molecule has 0 aromatic rings. The Bertz CT molecular complexity index is 320. The van der Waals surface area contributed by atoms with Crippen LogP contribution in [0.2, 0.25) is 0 Å². The Labute approximate surface area is 142 Å². The molecule has 0 aromatic carbocycles. The monoisotopic (exact) mass is 354 g/mol. The molecule has 1 N–H and O–H groups in total. The Balaban J connectivity index is 3.40. The largest absolute Gasteiger partial charge is 0.472 e. The van der Waals surface area contributed by atoms with Crippen LogP contribution in [0.25, 0.3) is 0 Å². The SMILES string of the molecule is CCCCCCCCOCCCOP(=O)(O)OCC[N+](C)(C)C. The van der Waals surface area contributed by atoms with E-state index in [0.717, 1.165) is 13.0 Å². The van der Waals surface area contributed by atoms with Gasteiger partial charge in [0.2, 0.25) is 0 Å². The molecule has 0 aliphatic rings. The summed E-state index contributed by atoms with van der Waals surface area (Å²) in [5.41, 5.74) is 0. The number of quaternary nitrogens is 1. The van der Waals surface area contributed by atoms with Crippen LogP contribution in [0.15, 0.2) is 0 Å². The van der Waals surface area contributed by atoms with Crippen molar-refractivity contribution in [3.63, 3.8) is 0 Å². The normalized spacial score (nSPS) is 14.8. The van der Waals surface area contributed by atoms with Gasteiger partial charge in [-0.05, 0) is 12.8 Å². The van der Waals surface area contributed by atoms with Gasteiger partial charge in [-0.2, -0.15) is 0 Å². The Hall–Kier alpha value is 0.0300. The van der Waals surface area contributed by atoms with Gasteiger partial charge in [0, 0.05) is 13.2 Å². The summed E-state index contributed by atoms with van der Waals surface area (Å²) in [5.74, 6) is 0. The van der Waals surface area contributed by atoms with Crippen LogP contribution in [0.4, 0.5) is 0 Å². The second-order valence-corrected chi connectivity index (χ2v) is 8.34. The predicted octanol–water partition coefficient (Wildman–Crippen LogP) is 3.59. The first-order valence-corrected chi connectivity index (χ1v) is 10.3. The molecule has 0 saturated heterocycles. The number of phosphoric ester groups is 1. The summed E-state index contributed by atoms with van der Waals surface area (Å²) in [6.45, 7) is 4.54. The molecule has 0 amide bonds. The van der Waals surface area contributed by atoms with Crippen molar-refractivity contribution < 1.29 is 27.7 Å². The third kappa shape index (κ3) is 18.2. The van der Waals surface area contributed by atoms with Crippen LogP contribution in [-0.2, 0) is 18.3 Å². The minimum Gasteiger partial charge on any atom is -0.381 e. The molecule has 0 saturated carbocycles. The first-order valence-electron chi connectivity index (χ1n) is 8.77. The summed E-state index contributed by atoms with van der Waals surface area (Å²) in [7, 11) is 2.06. The molecule has 1 unspecified atom stereocenters. The molecular weight excluding hydrogens is 317 g/mol. The molecule has 0 rings (SSSR count). The number of phosphoric acid groups is 1. The van der Waals surface area contributed by atoms with Gasteiger partial charge >= 0.3 is 7.82 Å². The van der Waals surface area contributed by atoms with Crippen molar-refractivity contribution in [2.75, 3.05) is 54.1 Å². The second-order valence-electron chi connectivity index (χ2n) is 6.88. The van der Waals surface area contributed by atoms with Gasteiger partial charge in [-0.3, -0.25) is 9.05 Å². The maximum Gasteiger partial charge on any atom is 0.472 e. The zero-order valence-electron chi connectivity index (χ0n) is 15.5. The summed E-state index contributed by atoms with van der Waals surface area (Å²) in [4.78, 5) is 9.52. The van der Waals surface area contributed by atoms with Crippen molar-refractivity contribution in [2.24, 2.45) is 0 Å². The number of ether oxygens (including phenoxy) is 1. The molecule has 0 bridgehead atoms. The Morgan fingerprint density at radius 1 is 0.826 bits per heavy atom. The highest BCUT2D eigenvalue weighted by atomic mass is 31.2. The maximum absolute atomic E-state index is 11.6. The van der Waals surface area contributed by atoms with Crippen LogP contribution in [0.5, 0.6) is 0 Å². The second kappa shape index (κ2) is 13.3. The molecule has 7 heteroatoms. The van der Waals surface area contributed by atoms with Gasteiger partial charge in [0.05, 0.1) is 27.7 Å². The molecular formula is C16H37NO5P+. The molecule has 0 aliphatic heterocycles. The zero-order valence-corrected chi connectivity index (χ0v) is 16.4. The molecule has 0 radical (unpaired) electrons. The molecule has 0 spiro atoms. The van der Waals surface area contributed by atoms with Crippen LogP contribution >= 0.6 is 7.82 Å². The Kier molecular flexibility index (Phi) is 13.4. The lowest BCUT2D eigenvalue weighted by Crippen LogP contribution is -2.37. The van der Waals surface area contributed by atoms with Crippen LogP contribution in [0, 0.1) is 0 Å². The standard InChI is InChI=1S/C16H36NO5P/c1-5-6-7-8-9-10-13-20-14-11-15-21-23(18,19)22-16-12-17(2,3)4/h5-16H2,1-4H3/p+1. The summed E-state index contributed by atoms with van der Waals surface area (Å²) in [5, 5.41) is 0. The van der Waals surface area contributed by atoms with Crippen molar-refractivity contribution in [1.82, 2.24) is 0 Å². The predicted molar refractivity (Wildman–Crippen MR) is 93.4 cm³/mol. The van der Waals surface area contributed by atoms with Crippen LogP contribution in [-0.4, -0.2) is 63.5 Å². The van der Waals surface area contributed by atoms with E-state index < -0.39 is 7.82 Å². The fourth-order valence-corrected chi connectivity index (χ4v) is 2.64. The topological polar surface area (TPSA) is 65.0 Å². The molecule has 0 aromatic heterocycles. The highest BCUT2D eigenvalue weighted by Crippen LogP contribution is 2.43. The van der Waals surface area contributed by atoms with Crippen molar-refractivity contribution in [3.8, 4) is 0 Å². The lowest BCUT2D eigenvalue weighted by molar-refractivity contribution is -0.870. The molecule has 0 fully saturated rings. The van der Waals surface area contributed by atoms with Crippen molar-refractivity contribution in [2.45, 2.75) is 51.9 Å². The summed E-state index contributed by atoms with van der Waals surface area (Å²) >= 11 is 0. The quantitative estimate of drug-likeness (QED) is 0.261. The summed E-state index contributed by atoms with van der Waals surface area (Å²) in [6.07, 6.45) is 8.06. The molecule has 23 heavy (non-hydrogen) atoms. The van der Waals surface area contributed by atoms with E-state index in [0.29, 0.717) is 24.1 Å². The first kappa shape index (κ1) is 23.0. The van der Waals surface area contributed by atoms with Crippen molar-refractivity contribution >= 4 is 7.82 Å². The van der Waals surface area contributed by atoms with Crippen molar-refractivity contribution in [3.05, 3.63) is 0 Å². The zero-order chi connectivity index (χ0) is 17.6. The number of nitrogens with zero attached hydrogens (tertiary/aromatic N) is 1. The van der Waals surface area contributed by atoms with E-state index >= 15 is 0 Å².